The smallest absolute Gasteiger partial charge is 0.297 e. The molecule has 1 unspecified atom stereocenters. The molecule has 108 valence electrons. The average Bonchev–Trinajstić information content (AvgIpc) is 2.96. The van der Waals surface area contributed by atoms with E-state index in [0.717, 1.165) is 50.2 Å². The van der Waals surface area contributed by atoms with Gasteiger partial charge in [0.15, 0.2) is 0 Å². The molecule has 0 amide bonds. The summed E-state index contributed by atoms with van der Waals surface area (Å²) in [7, 11) is 0. The lowest BCUT2D eigenvalue weighted by atomic mass is 9.80. The minimum Gasteiger partial charge on any atom is -0.432 e. The molecule has 1 aliphatic rings. The first-order chi connectivity index (χ1) is 9.00. The van der Waals surface area contributed by atoms with E-state index >= 15 is 0 Å². The predicted octanol–water partition coefficient (Wildman–Crippen LogP) is 3.05. The Balaban J connectivity index is 1.89. The van der Waals surface area contributed by atoms with Crippen LogP contribution < -0.4 is 10.2 Å². The van der Waals surface area contributed by atoms with Crippen LogP contribution in [0, 0.1) is 11.3 Å². The third-order valence-corrected chi connectivity index (χ3v) is 3.96. The number of oxazole rings is 1. The molecule has 0 aliphatic carbocycles. The van der Waals surface area contributed by atoms with Gasteiger partial charge < -0.3 is 14.6 Å². The highest BCUT2D eigenvalue weighted by molar-refractivity contribution is 5.29. The molecule has 2 heterocycles. The van der Waals surface area contributed by atoms with Gasteiger partial charge in [-0.05, 0) is 30.7 Å². The minimum atomic E-state index is 0.368. The molecule has 1 saturated heterocycles. The predicted molar refractivity (Wildman–Crippen MR) is 78.3 cm³/mol. The van der Waals surface area contributed by atoms with Crippen molar-refractivity contribution in [2.45, 2.75) is 47.1 Å². The van der Waals surface area contributed by atoms with Gasteiger partial charge in [0.2, 0.25) is 0 Å². The van der Waals surface area contributed by atoms with Gasteiger partial charge in [-0.2, -0.15) is 4.98 Å². The van der Waals surface area contributed by atoms with Gasteiger partial charge in [-0.3, -0.25) is 0 Å². The van der Waals surface area contributed by atoms with Crippen molar-refractivity contribution in [2.75, 3.05) is 24.5 Å². The quantitative estimate of drug-likeness (QED) is 0.831. The van der Waals surface area contributed by atoms with Crippen LogP contribution in [0.3, 0.4) is 0 Å². The van der Waals surface area contributed by atoms with Gasteiger partial charge >= 0.3 is 0 Å². The monoisotopic (exact) mass is 265 g/mol. The van der Waals surface area contributed by atoms with E-state index in [1.54, 1.807) is 6.26 Å². The molecule has 0 bridgehead atoms. The summed E-state index contributed by atoms with van der Waals surface area (Å²) in [6, 6.07) is 0.792. The molecular weight excluding hydrogens is 238 g/mol. The zero-order chi connectivity index (χ0) is 13.9. The average molecular weight is 265 g/mol. The van der Waals surface area contributed by atoms with Crippen LogP contribution in [0.5, 0.6) is 0 Å². The second kappa shape index (κ2) is 5.95. The molecule has 1 aromatic rings. The molecule has 2 rings (SSSR count). The SMILES string of the molecule is CCCNCc1coc(N2CCC(C(C)(C)C)C2)n1. The summed E-state index contributed by atoms with van der Waals surface area (Å²) in [6.07, 6.45) is 4.15. The Bertz CT molecular complexity index is 394. The number of hydrogen-bond acceptors (Lipinski definition) is 4. The zero-order valence-electron chi connectivity index (χ0n) is 12.7. The van der Waals surface area contributed by atoms with Crippen molar-refractivity contribution in [3.8, 4) is 0 Å². The van der Waals surface area contributed by atoms with Gasteiger partial charge in [-0.25, -0.2) is 0 Å². The zero-order valence-corrected chi connectivity index (χ0v) is 12.7. The Morgan fingerprint density at radius 3 is 2.89 bits per heavy atom. The Hall–Kier alpha value is -1.03. The summed E-state index contributed by atoms with van der Waals surface area (Å²) < 4.78 is 5.62. The molecule has 1 aromatic heterocycles. The van der Waals surface area contributed by atoms with Crippen molar-refractivity contribution in [1.82, 2.24) is 10.3 Å². The van der Waals surface area contributed by atoms with E-state index < -0.39 is 0 Å². The van der Waals surface area contributed by atoms with E-state index in [2.05, 4.69) is 42.9 Å². The van der Waals surface area contributed by atoms with E-state index in [9.17, 15) is 0 Å². The molecule has 1 aliphatic heterocycles. The summed E-state index contributed by atoms with van der Waals surface area (Å²) in [5.74, 6) is 0.723. The maximum atomic E-state index is 5.62. The molecule has 0 saturated carbocycles. The summed E-state index contributed by atoms with van der Waals surface area (Å²) >= 11 is 0. The third-order valence-electron chi connectivity index (χ3n) is 3.96. The van der Waals surface area contributed by atoms with Crippen LogP contribution in [-0.2, 0) is 6.54 Å². The number of hydrogen-bond donors (Lipinski definition) is 1. The highest BCUT2D eigenvalue weighted by atomic mass is 16.4. The van der Waals surface area contributed by atoms with Crippen LogP contribution in [0.4, 0.5) is 6.01 Å². The number of aromatic nitrogens is 1. The number of nitrogens with one attached hydrogen (secondary N) is 1. The van der Waals surface area contributed by atoms with Crippen molar-refractivity contribution < 1.29 is 4.42 Å². The first-order valence-corrected chi connectivity index (χ1v) is 7.40. The van der Waals surface area contributed by atoms with Crippen molar-refractivity contribution in [2.24, 2.45) is 11.3 Å². The summed E-state index contributed by atoms with van der Waals surface area (Å²) in [6.45, 7) is 13.1. The largest absolute Gasteiger partial charge is 0.432 e. The van der Waals surface area contributed by atoms with Gasteiger partial charge in [-0.15, -0.1) is 0 Å². The van der Waals surface area contributed by atoms with Crippen LogP contribution in [-0.4, -0.2) is 24.6 Å². The Morgan fingerprint density at radius 2 is 2.26 bits per heavy atom. The standard InChI is InChI=1S/C15H27N3O/c1-5-7-16-9-13-11-19-14(17-13)18-8-6-12(10-18)15(2,3)4/h11-12,16H,5-10H2,1-4H3. The highest BCUT2D eigenvalue weighted by Gasteiger charge is 2.33. The van der Waals surface area contributed by atoms with Crippen molar-refractivity contribution in [1.29, 1.82) is 0 Å². The number of rotatable bonds is 5. The van der Waals surface area contributed by atoms with E-state index in [4.69, 9.17) is 4.42 Å². The molecule has 1 atom stereocenters. The van der Waals surface area contributed by atoms with Crippen LogP contribution in [0.1, 0.15) is 46.2 Å². The summed E-state index contributed by atoms with van der Waals surface area (Å²) in [5.41, 5.74) is 1.37. The summed E-state index contributed by atoms with van der Waals surface area (Å²) in [4.78, 5) is 6.85. The lowest BCUT2D eigenvalue weighted by Gasteiger charge is -2.26. The van der Waals surface area contributed by atoms with Crippen LogP contribution in [0.25, 0.3) is 0 Å². The topological polar surface area (TPSA) is 41.3 Å². The lowest BCUT2D eigenvalue weighted by molar-refractivity contribution is 0.263. The van der Waals surface area contributed by atoms with E-state index in [1.165, 1.54) is 6.42 Å². The molecule has 0 spiro atoms. The highest BCUT2D eigenvalue weighted by Crippen LogP contribution is 2.35. The lowest BCUT2D eigenvalue weighted by Crippen LogP contribution is -2.26. The van der Waals surface area contributed by atoms with Gasteiger partial charge in [0.05, 0.1) is 5.69 Å². The third kappa shape index (κ3) is 3.72. The van der Waals surface area contributed by atoms with Crippen molar-refractivity contribution in [3.63, 3.8) is 0 Å². The maximum Gasteiger partial charge on any atom is 0.297 e. The van der Waals surface area contributed by atoms with E-state index in [1.807, 2.05) is 0 Å². The van der Waals surface area contributed by atoms with Gasteiger partial charge in [0, 0.05) is 19.6 Å². The molecule has 0 radical (unpaired) electrons. The van der Waals surface area contributed by atoms with Gasteiger partial charge in [0.1, 0.15) is 6.26 Å². The second-order valence-electron chi connectivity index (χ2n) is 6.60. The van der Waals surface area contributed by atoms with Gasteiger partial charge in [-0.1, -0.05) is 27.7 Å². The van der Waals surface area contributed by atoms with Crippen molar-refractivity contribution in [3.05, 3.63) is 12.0 Å². The fourth-order valence-corrected chi connectivity index (χ4v) is 2.56. The minimum absolute atomic E-state index is 0.368. The first-order valence-electron chi connectivity index (χ1n) is 7.40. The molecule has 1 fully saturated rings. The molecule has 19 heavy (non-hydrogen) atoms. The fraction of sp³-hybridized carbons (Fsp3) is 0.800. The van der Waals surface area contributed by atoms with Gasteiger partial charge in [0.25, 0.3) is 6.01 Å². The Kier molecular flexibility index (Phi) is 4.50. The first kappa shape index (κ1) is 14.4. The Labute approximate surface area is 116 Å². The Morgan fingerprint density at radius 1 is 1.47 bits per heavy atom. The number of nitrogens with zero attached hydrogens (tertiary/aromatic N) is 2. The second-order valence-corrected chi connectivity index (χ2v) is 6.60. The molecule has 0 aromatic carbocycles. The van der Waals surface area contributed by atoms with Crippen LogP contribution in [0.15, 0.2) is 10.7 Å². The van der Waals surface area contributed by atoms with Crippen molar-refractivity contribution >= 4 is 6.01 Å². The van der Waals surface area contributed by atoms with Crippen LogP contribution >= 0.6 is 0 Å². The van der Waals surface area contributed by atoms with E-state index in [-0.39, 0.29) is 0 Å². The molecular formula is C15H27N3O. The van der Waals surface area contributed by atoms with E-state index in [0.29, 0.717) is 5.41 Å². The number of anilines is 1. The fourth-order valence-electron chi connectivity index (χ4n) is 2.56. The summed E-state index contributed by atoms with van der Waals surface area (Å²) in [5, 5.41) is 3.35. The maximum absolute atomic E-state index is 5.62. The van der Waals surface area contributed by atoms with Crippen LogP contribution in [0.2, 0.25) is 0 Å². The molecule has 4 heteroatoms. The molecule has 4 nitrogen and oxygen atoms in total. The normalized spacial score (nSPS) is 20.2. The molecule has 1 N–H and O–H groups in total.